The van der Waals surface area contributed by atoms with Crippen LogP contribution in [0, 0.1) is 0 Å². The average Bonchev–Trinajstić information content (AvgIpc) is 2.47. The van der Waals surface area contributed by atoms with Gasteiger partial charge in [0.05, 0.1) is 11.8 Å². The molecule has 0 aliphatic rings. The lowest BCUT2D eigenvalue weighted by molar-refractivity contribution is 0.112. The maximum absolute atomic E-state index is 10.4. The topological polar surface area (TPSA) is 45.8 Å². The van der Waals surface area contributed by atoms with E-state index < -0.39 is 0 Å². The molecule has 0 bridgehead atoms. The van der Waals surface area contributed by atoms with E-state index in [0.717, 1.165) is 31.2 Å². The summed E-state index contributed by atoms with van der Waals surface area (Å²) in [6.45, 7) is 2.12. The van der Waals surface area contributed by atoms with Crippen molar-refractivity contribution < 1.29 is 4.79 Å². The van der Waals surface area contributed by atoms with Crippen LogP contribution in [0.4, 0.5) is 0 Å². The molecule has 1 aromatic rings. The molecule has 3 heteroatoms. The first-order valence-electron chi connectivity index (χ1n) is 3.86. The molecule has 60 valence electrons. The number of aryl methyl sites for hydroxylation is 1. The average molecular weight is 152 g/mol. The lowest BCUT2D eigenvalue weighted by atomic mass is 10.1. The standard InChI is InChI=1S/C8H12N2O/c1-2-3-4-8-7(6-11)5-9-10-8/h5-6H,2-4H2,1H3,(H,9,10). The number of hydrogen-bond donors (Lipinski definition) is 1. The maximum atomic E-state index is 10.4. The van der Waals surface area contributed by atoms with Gasteiger partial charge in [0.1, 0.15) is 0 Å². The molecule has 1 rings (SSSR count). The van der Waals surface area contributed by atoms with Crippen LogP contribution < -0.4 is 0 Å². The van der Waals surface area contributed by atoms with Crippen LogP contribution in [-0.4, -0.2) is 16.5 Å². The highest BCUT2D eigenvalue weighted by atomic mass is 16.1. The zero-order valence-electron chi connectivity index (χ0n) is 6.63. The van der Waals surface area contributed by atoms with Crippen LogP contribution in [0.3, 0.4) is 0 Å². The van der Waals surface area contributed by atoms with E-state index in [9.17, 15) is 4.79 Å². The van der Waals surface area contributed by atoms with Gasteiger partial charge in [-0.3, -0.25) is 9.89 Å². The third-order valence-corrected chi connectivity index (χ3v) is 1.66. The van der Waals surface area contributed by atoms with Gasteiger partial charge in [-0.1, -0.05) is 13.3 Å². The molecule has 3 nitrogen and oxygen atoms in total. The fourth-order valence-corrected chi connectivity index (χ4v) is 0.978. The molecule has 0 saturated heterocycles. The molecule has 0 atom stereocenters. The van der Waals surface area contributed by atoms with Crippen LogP contribution in [0.1, 0.15) is 35.8 Å². The van der Waals surface area contributed by atoms with Crippen molar-refractivity contribution >= 4 is 6.29 Å². The molecule has 0 aromatic carbocycles. The molecule has 0 amide bonds. The van der Waals surface area contributed by atoms with E-state index in [1.165, 1.54) is 0 Å². The number of aldehydes is 1. The van der Waals surface area contributed by atoms with Gasteiger partial charge in [-0.2, -0.15) is 5.10 Å². The summed E-state index contributed by atoms with van der Waals surface area (Å²) in [6.07, 6.45) is 5.57. The molecule has 0 spiro atoms. The Bertz CT molecular complexity index is 230. The van der Waals surface area contributed by atoms with Gasteiger partial charge in [-0.25, -0.2) is 0 Å². The van der Waals surface area contributed by atoms with Crippen molar-refractivity contribution in [3.8, 4) is 0 Å². The van der Waals surface area contributed by atoms with Crippen LogP contribution in [0.15, 0.2) is 6.20 Å². The van der Waals surface area contributed by atoms with Gasteiger partial charge < -0.3 is 0 Å². The van der Waals surface area contributed by atoms with Crippen LogP contribution in [0.2, 0.25) is 0 Å². The monoisotopic (exact) mass is 152 g/mol. The summed E-state index contributed by atoms with van der Waals surface area (Å²) in [5, 5.41) is 6.60. The van der Waals surface area contributed by atoms with Gasteiger partial charge >= 0.3 is 0 Å². The van der Waals surface area contributed by atoms with Crippen LogP contribution in [-0.2, 0) is 6.42 Å². The van der Waals surface area contributed by atoms with E-state index in [4.69, 9.17) is 0 Å². The number of aromatic amines is 1. The number of aromatic nitrogens is 2. The van der Waals surface area contributed by atoms with Crippen LogP contribution in [0.5, 0.6) is 0 Å². The minimum Gasteiger partial charge on any atom is -0.298 e. The van der Waals surface area contributed by atoms with Crippen molar-refractivity contribution in [1.82, 2.24) is 10.2 Å². The number of unbranched alkanes of at least 4 members (excludes halogenated alkanes) is 1. The van der Waals surface area contributed by atoms with Crippen molar-refractivity contribution in [2.75, 3.05) is 0 Å². The first kappa shape index (κ1) is 7.98. The summed E-state index contributed by atoms with van der Waals surface area (Å²) in [5.74, 6) is 0. The highest BCUT2D eigenvalue weighted by Crippen LogP contribution is 2.05. The highest BCUT2D eigenvalue weighted by Gasteiger charge is 2.01. The Balaban J connectivity index is 2.61. The van der Waals surface area contributed by atoms with Gasteiger partial charge in [-0.05, 0) is 12.8 Å². The second-order valence-corrected chi connectivity index (χ2v) is 2.53. The van der Waals surface area contributed by atoms with E-state index >= 15 is 0 Å². The minimum atomic E-state index is 0.693. The maximum Gasteiger partial charge on any atom is 0.153 e. The minimum absolute atomic E-state index is 0.693. The van der Waals surface area contributed by atoms with Gasteiger partial charge in [0.15, 0.2) is 6.29 Å². The quantitative estimate of drug-likeness (QED) is 0.665. The zero-order chi connectivity index (χ0) is 8.10. The Hall–Kier alpha value is -1.12. The molecule has 0 saturated carbocycles. The molecule has 0 aliphatic carbocycles. The molecule has 0 unspecified atom stereocenters. The van der Waals surface area contributed by atoms with Crippen molar-refractivity contribution in [2.45, 2.75) is 26.2 Å². The smallest absolute Gasteiger partial charge is 0.153 e. The Morgan fingerprint density at radius 2 is 2.55 bits per heavy atom. The van der Waals surface area contributed by atoms with E-state index in [2.05, 4.69) is 17.1 Å². The Labute approximate surface area is 65.8 Å². The summed E-state index contributed by atoms with van der Waals surface area (Å²) in [6, 6.07) is 0. The second-order valence-electron chi connectivity index (χ2n) is 2.53. The van der Waals surface area contributed by atoms with Crippen molar-refractivity contribution in [3.05, 3.63) is 17.5 Å². The Morgan fingerprint density at radius 3 is 3.18 bits per heavy atom. The van der Waals surface area contributed by atoms with Gasteiger partial charge in [0.25, 0.3) is 0 Å². The number of nitrogens with one attached hydrogen (secondary N) is 1. The first-order chi connectivity index (χ1) is 5.38. The summed E-state index contributed by atoms with van der Waals surface area (Å²) < 4.78 is 0. The third kappa shape index (κ3) is 1.90. The molecule has 1 aromatic heterocycles. The molecule has 11 heavy (non-hydrogen) atoms. The lowest BCUT2D eigenvalue weighted by Crippen LogP contribution is -1.89. The predicted molar refractivity (Wildman–Crippen MR) is 42.6 cm³/mol. The van der Waals surface area contributed by atoms with Gasteiger partial charge in [-0.15, -0.1) is 0 Å². The summed E-state index contributed by atoms with van der Waals surface area (Å²) >= 11 is 0. The molecular weight excluding hydrogens is 140 g/mol. The van der Waals surface area contributed by atoms with Gasteiger partial charge in [0.2, 0.25) is 0 Å². The fraction of sp³-hybridized carbons (Fsp3) is 0.500. The van der Waals surface area contributed by atoms with Crippen LogP contribution in [0.25, 0.3) is 0 Å². The summed E-state index contributed by atoms with van der Waals surface area (Å²) in [4.78, 5) is 10.4. The van der Waals surface area contributed by atoms with Crippen molar-refractivity contribution in [2.24, 2.45) is 0 Å². The molecular formula is C8H12N2O. The molecule has 1 heterocycles. The summed E-state index contributed by atoms with van der Waals surface area (Å²) in [7, 11) is 0. The number of carbonyl (C=O) groups excluding carboxylic acids is 1. The lowest BCUT2D eigenvalue weighted by Gasteiger charge is -1.94. The molecule has 0 aliphatic heterocycles. The Kier molecular flexibility index (Phi) is 2.83. The molecule has 0 radical (unpaired) electrons. The second kappa shape index (κ2) is 3.91. The largest absolute Gasteiger partial charge is 0.298 e. The molecule has 1 N–H and O–H groups in total. The predicted octanol–water partition coefficient (Wildman–Crippen LogP) is 1.56. The molecule has 0 fully saturated rings. The Morgan fingerprint density at radius 1 is 1.73 bits per heavy atom. The van der Waals surface area contributed by atoms with E-state index in [0.29, 0.717) is 5.56 Å². The van der Waals surface area contributed by atoms with Crippen molar-refractivity contribution in [1.29, 1.82) is 0 Å². The SMILES string of the molecule is CCCCc1[nH]ncc1C=O. The first-order valence-corrected chi connectivity index (χ1v) is 3.86. The fourth-order valence-electron chi connectivity index (χ4n) is 0.978. The van der Waals surface area contributed by atoms with E-state index in [1.54, 1.807) is 6.20 Å². The highest BCUT2D eigenvalue weighted by molar-refractivity contribution is 5.75. The number of hydrogen-bond acceptors (Lipinski definition) is 2. The van der Waals surface area contributed by atoms with E-state index in [1.807, 2.05) is 0 Å². The van der Waals surface area contributed by atoms with Crippen molar-refractivity contribution in [3.63, 3.8) is 0 Å². The van der Waals surface area contributed by atoms with E-state index in [-0.39, 0.29) is 0 Å². The third-order valence-electron chi connectivity index (χ3n) is 1.66. The number of rotatable bonds is 4. The van der Waals surface area contributed by atoms with Crippen LogP contribution >= 0.6 is 0 Å². The normalized spacial score (nSPS) is 9.91. The summed E-state index contributed by atoms with van der Waals surface area (Å²) in [5.41, 5.74) is 1.65. The number of nitrogens with zero attached hydrogens (tertiary/aromatic N) is 1. The van der Waals surface area contributed by atoms with Gasteiger partial charge in [0, 0.05) is 5.69 Å². The number of H-pyrrole nitrogens is 1. The zero-order valence-corrected chi connectivity index (χ0v) is 6.63. The number of carbonyl (C=O) groups is 1.